The van der Waals surface area contributed by atoms with Crippen molar-refractivity contribution in [1.29, 1.82) is 0 Å². The third kappa shape index (κ3) is 1.44. The molecular weight excluding hydrogens is 180 g/mol. The molecule has 5 nitrogen and oxygen atoms in total. The quantitative estimate of drug-likeness (QED) is 0.569. The number of nitrogens with one attached hydrogen (secondary N) is 1. The molecule has 2 aromatic rings. The first-order valence-corrected chi connectivity index (χ1v) is 3.94. The summed E-state index contributed by atoms with van der Waals surface area (Å²) in [5, 5.41) is 6.42. The number of rotatable bonds is 2. The van der Waals surface area contributed by atoms with E-state index in [9.17, 15) is 4.79 Å². The molecule has 0 radical (unpaired) electrons. The molecule has 2 rings (SSSR count). The van der Waals surface area contributed by atoms with Crippen molar-refractivity contribution in [2.75, 3.05) is 0 Å². The molecule has 0 aliphatic heterocycles. The summed E-state index contributed by atoms with van der Waals surface area (Å²) in [6.45, 7) is 0. The second-order valence-electron chi connectivity index (χ2n) is 2.55. The summed E-state index contributed by atoms with van der Waals surface area (Å²) in [5.41, 5.74) is 1.26. The molecular formula is C9H6N4O. The van der Waals surface area contributed by atoms with Gasteiger partial charge in [0.05, 0.1) is 5.69 Å². The first kappa shape index (κ1) is 8.34. The van der Waals surface area contributed by atoms with Crippen molar-refractivity contribution >= 4 is 11.8 Å². The molecule has 0 spiro atoms. The summed E-state index contributed by atoms with van der Waals surface area (Å²) < 4.78 is 0. The lowest BCUT2D eigenvalue weighted by Gasteiger charge is -1.98. The van der Waals surface area contributed by atoms with E-state index in [1.165, 1.54) is 12.4 Å². The van der Waals surface area contributed by atoms with Crippen LogP contribution in [0.15, 0.2) is 35.6 Å². The predicted molar refractivity (Wildman–Crippen MR) is 49.6 cm³/mol. The van der Waals surface area contributed by atoms with Gasteiger partial charge in [-0.15, -0.1) is 0 Å². The van der Waals surface area contributed by atoms with Crippen LogP contribution in [0, 0.1) is 0 Å². The summed E-state index contributed by atoms with van der Waals surface area (Å²) in [6, 6.07) is 7.14. The van der Waals surface area contributed by atoms with E-state index in [2.05, 4.69) is 20.2 Å². The van der Waals surface area contributed by atoms with Crippen molar-refractivity contribution in [2.24, 2.45) is 4.99 Å². The number of isocyanates is 1. The number of benzene rings is 1. The molecule has 0 amide bonds. The van der Waals surface area contributed by atoms with Gasteiger partial charge in [-0.05, 0) is 12.1 Å². The van der Waals surface area contributed by atoms with E-state index in [4.69, 9.17) is 0 Å². The highest BCUT2D eigenvalue weighted by Crippen LogP contribution is 2.26. The number of para-hydroxylation sites is 1. The second kappa shape index (κ2) is 3.64. The lowest BCUT2D eigenvalue weighted by atomic mass is 10.2. The van der Waals surface area contributed by atoms with Crippen LogP contribution in [0.4, 0.5) is 5.69 Å². The third-order valence-electron chi connectivity index (χ3n) is 1.74. The minimum Gasteiger partial charge on any atom is -0.259 e. The van der Waals surface area contributed by atoms with Crippen LogP contribution in [0.3, 0.4) is 0 Å². The summed E-state index contributed by atoms with van der Waals surface area (Å²) in [5.74, 6) is 0.583. The van der Waals surface area contributed by atoms with Crippen molar-refractivity contribution in [3.63, 3.8) is 0 Å². The van der Waals surface area contributed by atoms with Crippen LogP contribution in [-0.2, 0) is 4.79 Å². The Bertz CT molecular complexity index is 471. The monoisotopic (exact) mass is 186 g/mol. The predicted octanol–water partition coefficient (Wildman–Crippen LogP) is 1.44. The van der Waals surface area contributed by atoms with Crippen molar-refractivity contribution in [1.82, 2.24) is 15.2 Å². The summed E-state index contributed by atoms with van der Waals surface area (Å²) in [4.78, 5) is 17.7. The maximum atomic E-state index is 10.2. The van der Waals surface area contributed by atoms with Crippen LogP contribution in [-0.4, -0.2) is 21.3 Å². The molecule has 14 heavy (non-hydrogen) atoms. The smallest absolute Gasteiger partial charge is 0.240 e. The molecule has 68 valence electrons. The minimum atomic E-state index is 0.527. The Balaban J connectivity index is 2.57. The molecule has 1 aromatic heterocycles. The van der Waals surface area contributed by atoms with Crippen LogP contribution in [0.25, 0.3) is 11.4 Å². The largest absolute Gasteiger partial charge is 0.259 e. The fourth-order valence-corrected chi connectivity index (χ4v) is 1.16. The molecule has 5 heteroatoms. The summed E-state index contributed by atoms with van der Waals surface area (Å²) in [6.07, 6.45) is 2.90. The van der Waals surface area contributed by atoms with Crippen LogP contribution in [0.2, 0.25) is 0 Å². The Morgan fingerprint density at radius 1 is 1.36 bits per heavy atom. The Labute approximate surface area is 79.5 Å². The molecule has 0 saturated carbocycles. The van der Waals surface area contributed by atoms with E-state index in [0.29, 0.717) is 11.5 Å². The van der Waals surface area contributed by atoms with Gasteiger partial charge < -0.3 is 0 Å². The number of nitrogens with zero attached hydrogens (tertiary/aromatic N) is 3. The van der Waals surface area contributed by atoms with Crippen molar-refractivity contribution in [3.8, 4) is 11.4 Å². The minimum absolute atomic E-state index is 0.527. The fraction of sp³-hybridized carbons (Fsp3) is 0. The Morgan fingerprint density at radius 3 is 2.93 bits per heavy atom. The van der Waals surface area contributed by atoms with Gasteiger partial charge in [0.1, 0.15) is 6.33 Å². The number of aliphatic imine (C=N–C) groups is 1. The van der Waals surface area contributed by atoms with Crippen molar-refractivity contribution < 1.29 is 4.79 Å². The van der Waals surface area contributed by atoms with Crippen molar-refractivity contribution in [3.05, 3.63) is 30.6 Å². The SMILES string of the molecule is O=C=Nc1ccccc1-c1ncn[nH]1. The summed E-state index contributed by atoms with van der Waals surface area (Å²) in [7, 11) is 0. The van der Waals surface area contributed by atoms with Gasteiger partial charge in [0.2, 0.25) is 6.08 Å². The number of carbonyl (C=O) groups excluding carboxylic acids is 1. The van der Waals surface area contributed by atoms with Gasteiger partial charge >= 0.3 is 0 Å². The second-order valence-corrected chi connectivity index (χ2v) is 2.55. The first-order chi connectivity index (χ1) is 6.92. The number of hydrogen-bond acceptors (Lipinski definition) is 4. The van der Waals surface area contributed by atoms with Crippen LogP contribution >= 0.6 is 0 Å². The zero-order chi connectivity index (χ0) is 9.80. The van der Waals surface area contributed by atoms with Crippen LogP contribution in [0.5, 0.6) is 0 Å². The van der Waals surface area contributed by atoms with E-state index in [1.807, 2.05) is 6.07 Å². The Morgan fingerprint density at radius 2 is 2.21 bits per heavy atom. The van der Waals surface area contributed by atoms with Crippen molar-refractivity contribution in [2.45, 2.75) is 0 Å². The van der Waals surface area contributed by atoms with Gasteiger partial charge in [-0.2, -0.15) is 10.1 Å². The topological polar surface area (TPSA) is 71.0 Å². The zero-order valence-corrected chi connectivity index (χ0v) is 7.14. The maximum absolute atomic E-state index is 10.2. The summed E-state index contributed by atoms with van der Waals surface area (Å²) >= 11 is 0. The Kier molecular flexibility index (Phi) is 2.17. The molecule has 0 fully saturated rings. The van der Waals surface area contributed by atoms with E-state index >= 15 is 0 Å². The lowest BCUT2D eigenvalue weighted by Crippen LogP contribution is -1.81. The highest BCUT2D eigenvalue weighted by atomic mass is 16.1. The van der Waals surface area contributed by atoms with E-state index in [0.717, 1.165) is 5.56 Å². The van der Waals surface area contributed by atoms with Gasteiger partial charge in [0, 0.05) is 5.56 Å². The highest BCUT2D eigenvalue weighted by molar-refractivity contribution is 5.72. The number of H-pyrrole nitrogens is 1. The molecule has 0 atom stereocenters. The number of hydrogen-bond donors (Lipinski definition) is 1. The molecule has 0 aliphatic rings. The normalized spacial score (nSPS) is 9.43. The molecule has 1 heterocycles. The standard InChI is InChI=1S/C9H6N4O/c14-6-11-8-4-2-1-3-7(8)9-10-5-12-13-9/h1-5H,(H,10,12,13). The molecule has 0 unspecified atom stereocenters. The van der Waals surface area contributed by atoms with E-state index in [-0.39, 0.29) is 0 Å². The van der Waals surface area contributed by atoms with Gasteiger partial charge in [-0.3, -0.25) is 5.10 Å². The molecule has 0 bridgehead atoms. The highest BCUT2D eigenvalue weighted by Gasteiger charge is 2.05. The molecule has 1 aromatic carbocycles. The van der Waals surface area contributed by atoms with Crippen LogP contribution < -0.4 is 0 Å². The van der Waals surface area contributed by atoms with E-state index in [1.54, 1.807) is 18.2 Å². The first-order valence-electron chi connectivity index (χ1n) is 3.94. The molecule has 1 N–H and O–H groups in total. The average Bonchev–Trinajstić information content (AvgIpc) is 2.72. The fourth-order valence-electron chi connectivity index (χ4n) is 1.16. The number of aromatic nitrogens is 3. The van der Waals surface area contributed by atoms with Gasteiger partial charge in [-0.1, -0.05) is 12.1 Å². The Hall–Kier alpha value is -2.26. The maximum Gasteiger partial charge on any atom is 0.240 e. The third-order valence-corrected chi connectivity index (χ3v) is 1.74. The number of aromatic amines is 1. The van der Waals surface area contributed by atoms with Gasteiger partial charge in [0.25, 0.3) is 0 Å². The molecule has 0 aliphatic carbocycles. The lowest BCUT2D eigenvalue weighted by molar-refractivity contribution is 0.565. The molecule has 0 saturated heterocycles. The average molecular weight is 186 g/mol. The van der Waals surface area contributed by atoms with Gasteiger partial charge in [-0.25, -0.2) is 9.78 Å². The van der Waals surface area contributed by atoms with Gasteiger partial charge in [0.15, 0.2) is 5.82 Å². The van der Waals surface area contributed by atoms with Crippen LogP contribution in [0.1, 0.15) is 0 Å². The van der Waals surface area contributed by atoms with E-state index < -0.39 is 0 Å². The zero-order valence-electron chi connectivity index (χ0n) is 7.14.